The molecule has 0 saturated carbocycles. The average molecular weight is 362 g/mol. The fourth-order valence-electron chi connectivity index (χ4n) is 4.60. The molecular weight excluding hydrogens is 340 g/mol. The van der Waals surface area contributed by atoms with Crippen LogP contribution in [0.3, 0.4) is 0 Å². The summed E-state index contributed by atoms with van der Waals surface area (Å²) in [6, 6.07) is 18.0. The van der Waals surface area contributed by atoms with Gasteiger partial charge in [0.2, 0.25) is 0 Å². The molecule has 2 aromatic carbocycles. The van der Waals surface area contributed by atoms with Gasteiger partial charge in [-0.15, -0.1) is 0 Å². The molecule has 0 unspecified atom stereocenters. The molecule has 3 aliphatic heterocycles. The molecule has 1 fully saturated rings. The summed E-state index contributed by atoms with van der Waals surface area (Å²) in [7, 11) is 0. The lowest BCUT2D eigenvalue weighted by Crippen LogP contribution is -2.36. The van der Waals surface area contributed by atoms with Crippen molar-refractivity contribution in [2.24, 2.45) is 11.1 Å². The van der Waals surface area contributed by atoms with Crippen LogP contribution in [0.5, 0.6) is 0 Å². The standard InChI is InChI=1S/C22H22N2O3/c1-22(2,3)26-21(25)24-18-14-11-7-8-12-15(14)19(24)20-16(18)17(23-27-20)13-9-5-4-6-10-13/h4-12,16,18-20H,1-3H3/t16-,18-,19+,20-/m0/s1. The number of amides is 1. The Bertz CT molecular complexity index is 932. The summed E-state index contributed by atoms with van der Waals surface area (Å²) in [5, 5.41) is 4.42. The Morgan fingerprint density at radius 3 is 2.30 bits per heavy atom. The van der Waals surface area contributed by atoms with Crippen molar-refractivity contribution < 1.29 is 14.4 Å². The summed E-state index contributed by atoms with van der Waals surface area (Å²) >= 11 is 0. The van der Waals surface area contributed by atoms with E-state index >= 15 is 0 Å². The quantitative estimate of drug-likeness (QED) is 0.753. The second-order valence-electron chi connectivity index (χ2n) is 8.34. The average Bonchev–Trinajstić information content (AvgIpc) is 3.29. The number of oxime groups is 1. The summed E-state index contributed by atoms with van der Waals surface area (Å²) < 4.78 is 5.73. The highest BCUT2D eigenvalue weighted by Crippen LogP contribution is 2.60. The number of carbonyl (C=O) groups is 1. The van der Waals surface area contributed by atoms with Gasteiger partial charge in [0.25, 0.3) is 0 Å². The summed E-state index contributed by atoms with van der Waals surface area (Å²) in [4.78, 5) is 20.8. The first kappa shape index (κ1) is 16.4. The van der Waals surface area contributed by atoms with E-state index in [0.717, 1.165) is 16.8 Å². The number of rotatable bonds is 1. The molecular formula is C22H22N2O3. The van der Waals surface area contributed by atoms with E-state index < -0.39 is 5.60 Å². The number of ether oxygens (including phenoxy) is 1. The van der Waals surface area contributed by atoms with Crippen LogP contribution in [0, 0.1) is 5.92 Å². The molecule has 5 nitrogen and oxygen atoms in total. The highest BCUT2D eigenvalue weighted by Gasteiger charge is 2.63. The number of carbonyl (C=O) groups excluding carboxylic acids is 1. The summed E-state index contributed by atoms with van der Waals surface area (Å²) in [6.45, 7) is 5.68. The molecule has 3 heterocycles. The van der Waals surface area contributed by atoms with E-state index in [1.807, 2.05) is 68.1 Å². The zero-order valence-corrected chi connectivity index (χ0v) is 15.6. The molecule has 1 amide bonds. The Hall–Kier alpha value is -2.82. The van der Waals surface area contributed by atoms with Crippen LogP contribution >= 0.6 is 0 Å². The lowest BCUT2D eigenvalue weighted by Gasteiger charge is -2.28. The Balaban J connectivity index is 1.58. The second kappa shape index (κ2) is 5.59. The highest BCUT2D eigenvalue weighted by molar-refractivity contribution is 6.04. The van der Waals surface area contributed by atoms with Crippen LogP contribution in [-0.4, -0.2) is 28.4 Å². The minimum absolute atomic E-state index is 0.0137. The predicted octanol–water partition coefficient (Wildman–Crippen LogP) is 4.45. The number of hydrogen-bond donors (Lipinski definition) is 0. The molecule has 1 saturated heterocycles. The van der Waals surface area contributed by atoms with E-state index in [4.69, 9.17) is 9.57 Å². The monoisotopic (exact) mass is 362 g/mol. The van der Waals surface area contributed by atoms with E-state index in [9.17, 15) is 4.79 Å². The molecule has 0 spiro atoms. The number of benzene rings is 2. The van der Waals surface area contributed by atoms with Gasteiger partial charge in [0.05, 0.1) is 17.7 Å². The van der Waals surface area contributed by atoms with Gasteiger partial charge in [-0.2, -0.15) is 0 Å². The van der Waals surface area contributed by atoms with Crippen molar-refractivity contribution in [3.8, 4) is 0 Å². The largest absolute Gasteiger partial charge is 0.444 e. The van der Waals surface area contributed by atoms with Crippen LogP contribution in [0.1, 0.15) is 49.5 Å². The highest BCUT2D eigenvalue weighted by atomic mass is 16.6. The van der Waals surface area contributed by atoms with Crippen molar-refractivity contribution >= 4 is 11.8 Å². The van der Waals surface area contributed by atoms with Gasteiger partial charge in [0, 0.05) is 0 Å². The lowest BCUT2D eigenvalue weighted by atomic mass is 9.78. The molecule has 0 aliphatic carbocycles. The first-order chi connectivity index (χ1) is 13.0. The van der Waals surface area contributed by atoms with Crippen LogP contribution in [0.15, 0.2) is 59.8 Å². The maximum absolute atomic E-state index is 13.1. The molecule has 27 heavy (non-hydrogen) atoms. The zero-order valence-electron chi connectivity index (χ0n) is 15.6. The third kappa shape index (κ3) is 2.37. The van der Waals surface area contributed by atoms with Crippen LogP contribution in [0.4, 0.5) is 4.79 Å². The van der Waals surface area contributed by atoms with E-state index in [0.29, 0.717) is 0 Å². The van der Waals surface area contributed by atoms with Crippen molar-refractivity contribution in [3.63, 3.8) is 0 Å². The fourth-order valence-corrected chi connectivity index (χ4v) is 4.60. The molecule has 0 N–H and O–H groups in total. The molecule has 2 aromatic rings. The van der Waals surface area contributed by atoms with Gasteiger partial charge in [-0.1, -0.05) is 59.8 Å². The normalized spacial score (nSPS) is 27.7. The molecule has 0 radical (unpaired) electrons. The van der Waals surface area contributed by atoms with E-state index in [1.165, 1.54) is 5.56 Å². The number of hydrogen-bond acceptors (Lipinski definition) is 4. The Morgan fingerprint density at radius 2 is 1.63 bits per heavy atom. The van der Waals surface area contributed by atoms with Crippen LogP contribution in [0.25, 0.3) is 0 Å². The van der Waals surface area contributed by atoms with Gasteiger partial charge in [-0.05, 0) is 37.5 Å². The SMILES string of the molecule is CC(C)(C)OC(=O)N1[C@@H]2c3ccccc3[C@H]1[C@@H]1C(c3ccccc3)=NO[C@@H]12. The third-order valence-electron chi connectivity index (χ3n) is 5.50. The first-order valence-electron chi connectivity index (χ1n) is 9.35. The topological polar surface area (TPSA) is 51.1 Å². The van der Waals surface area contributed by atoms with Gasteiger partial charge in [0.15, 0.2) is 6.10 Å². The molecule has 0 aromatic heterocycles. The molecule has 3 aliphatic rings. The van der Waals surface area contributed by atoms with E-state index in [-0.39, 0.29) is 30.2 Å². The van der Waals surface area contributed by atoms with Crippen LogP contribution in [-0.2, 0) is 9.57 Å². The Kier molecular flexibility index (Phi) is 3.39. The predicted molar refractivity (Wildman–Crippen MR) is 101 cm³/mol. The van der Waals surface area contributed by atoms with Crippen LogP contribution in [0.2, 0.25) is 0 Å². The third-order valence-corrected chi connectivity index (χ3v) is 5.50. The van der Waals surface area contributed by atoms with Gasteiger partial charge in [-0.3, -0.25) is 4.90 Å². The Morgan fingerprint density at radius 1 is 1.00 bits per heavy atom. The fraction of sp³-hybridized carbons (Fsp3) is 0.364. The van der Waals surface area contributed by atoms with Crippen molar-refractivity contribution in [3.05, 3.63) is 71.3 Å². The summed E-state index contributed by atoms with van der Waals surface area (Å²) in [5.74, 6) is 0.0137. The van der Waals surface area contributed by atoms with E-state index in [1.54, 1.807) is 0 Å². The maximum atomic E-state index is 13.1. The zero-order chi connectivity index (χ0) is 18.8. The van der Waals surface area contributed by atoms with Crippen molar-refractivity contribution in [2.75, 3.05) is 0 Å². The lowest BCUT2D eigenvalue weighted by molar-refractivity contribution is 0.00341. The van der Waals surface area contributed by atoms with Crippen molar-refractivity contribution in [1.82, 2.24) is 4.90 Å². The summed E-state index contributed by atoms with van der Waals surface area (Å²) in [5.41, 5.74) is 3.72. The molecule has 5 heteroatoms. The minimum Gasteiger partial charge on any atom is -0.444 e. The van der Waals surface area contributed by atoms with Crippen molar-refractivity contribution in [2.45, 2.75) is 44.6 Å². The Labute approximate surface area is 158 Å². The van der Waals surface area contributed by atoms with Gasteiger partial charge in [-0.25, -0.2) is 4.79 Å². The first-order valence-corrected chi connectivity index (χ1v) is 9.35. The van der Waals surface area contributed by atoms with Gasteiger partial charge in [0.1, 0.15) is 11.6 Å². The van der Waals surface area contributed by atoms with Crippen LogP contribution < -0.4 is 0 Å². The number of nitrogens with zero attached hydrogens (tertiary/aromatic N) is 2. The van der Waals surface area contributed by atoms with Gasteiger partial charge >= 0.3 is 6.09 Å². The number of fused-ring (bicyclic) bond motifs is 8. The molecule has 4 atom stereocenters. The molecule has 2 bridgehead atoms. The van der Waals surface area contributed by atoms with Crippen molar-refractivity contribution in [1.29, 1.82) is 0 Å². The summed E-state index contributed by atoms with van der Waals surface area (Å²) in [6.07, 6.45) is -0.466. The van der Waals surface area contributed by atoms with E-state index in [2.05, 4.69) is 17.3 Å². The molecule has 5 rings (SSSR count). The second-order valence-corrected chi connectivity index (χ2v) is 8.34. The smallest absolute Gasteiger partial charge is 0.411 e. The van der Waals surface area contributed by atoms with Gasteiger partial charge < -0.3 is 9.57 Å². The maximum Gasteiger partial charge on any atom is 0.411 e. The minimum atomic E-state index is -0.544. The molecule has 138 valence electrons.